The molecule has 3 heteroatoms. The summed E-state index contributed by atoms with van der Waals surface area (Å²) in [7, 11) is 0. The van der Waals surface area contributed by atoms with E-state index in [1.54, 1.807) is 0 Å². The average Bonchev–Trinajstić information content (AvgIpc) is 2.48. The van der Waals surface area contributed by atoms with Gasteiger partial charge in [-0.15, -0.1) is 0 Å². The lowest BCUT2D eigenvalue weighted by atomic mass is 10.1. The second-order valence-corrected chi connectivity index (χ2v) is 5.06. The van der Waals surface area contributed by atoms with Gasteiger partial charge in [0.15, 0.2) is 0 Å². The molecular weight excluding hydrogens is 252 g/mol. The van der Waals surface area contributed by atoms with Crippen molar-refractivity contribution in [2.75, 3.05) is 0 Å². The first-order valence-corrected chi connectivity index (χ1v) is 7.04. The summed E-state index contributed by atoms with van der Waals surface area (Å²) in [6.07, 6.45) is 10.4. The van der Waals surface area contributed by atoms with E-state index < -0.39 is 0 Å². The molecule has 0 N–H and O–H groups in total. The van der Waals surface area contributed by atoms with Crippen molar-refractivity contribution in [1.82, 2.24) is 9.78 Å². The molecule has 15 heavy (non-hydrogen) atoms. The summed E-state index contributed by atoms with van der Waals surface area (Å²) in [5.74, 6) is 0. The van der Waals surface area contributed by atoms with Gasteiger partial charge in [0.2, 0.25) is 0 Å². The van der Waals surface area contributed by atoms with E-state index in [4.69, 9.17) is 0 Å². The second kappa shape index (κ2) is 5.15. The molecule has 1 aromatic rings. The number of rotatable bonds is 2. The van der Waals surface area contributed by atoms with Gasteiger partial charge in [-0.05, 0) is 19.8 Å². The van der Waals surface area contributed by atoms with E-state index in [0.717, 1.165) is 5.33 Å². The lowest BCUT2D eigenvalue weighted by Crippen LogP contribution is -2.08. The lowest BCUT2D eigenvalue weighted by molar-refractivity contribution is 0.404. The Labute approximate surface area is 100 Å². The molecule has 1 heterocycles. The molecule has 1 aromatic heterocycles. The van der Waals surface area contributed by atoms with Crippen LogP contribution in [-0.2, 0) is 5.33 Å². The molecule has 1 fully saturated rings. The summed E-state index contributed by atoms with van der Waals surface area (Å²) in [5, 5.41) is 5.56. The molecule has 0 aromatic carbocycles. The summed E-state index contributed by atoms with van der Waals surface area (Å²) in [5.41, 5.74) is 2.51. The SMILES string of the molecule is Cc1nn(C2CCCCCC2)cc1CBr. The van der Waals surface area contributed by atoms with Crippen molar-refractivity contribution in [2.45, 2.75) is 56.8 Å². The van der Waals surface area contributed by atoms with Crippen LogP contribution in [0.25, 0.3) is 0 Å². The van der Waals surface area contributed by atoms with E-state index in [9.17, 15) is 0 Å². The number of hydrogen-bond acceptors (Lipinski definition) is 1. The van der Waals surface area contributed by atoms with Crippen molar-refractivity contribution in [2.24, 2.45) is 0 Å². The number of hydrogen-bond donors (Lipinski definition) is 0. The Morgan fingerprint density at radius 3 is 2.53 bits per heavy atom. The number of aromatic nitrogens is 2. The van der Waals surface area contributed by atoms with Crippen LogP contribution >= 0.6 is 15.9 Å². The summed E-state index contributed by atoms with van der Waals surface area (Å²) in [6.45, 7) is 2.10. The van der Waals surface area contributed by atoms with Crippen molar-refractivity contribution in [1.29, 1.82) is 0 Å². The molecule has 0 aliphatic heterocycles. The predicted octanol–water partition coefficient (Wildman–Crippen LogP) is 3.98. The van der Waals surface area contributed by atoms with Crippen molar-refractivity contribution in [3.8, 4) is 0 Å². The minimum atomic E-state index is 0.652. The van der Waals surface area contributed by atoms with Gasteiger partial charge < -0.3 is 0 Å². The minimum Gasteiger partial charge on any atom is -0.269 e. The molecular formula is C12H19BrN2. The fraction of sp³-hybridized carbons (Fsp3) is 0.750. The molecule has 0 unspecified atom stereocenters. The molecule has 2 rings (SSSR count). The van der Waals surface area contributed by atoms with Crippen molar-refractivity contribution < 1.29 is 0 Å². The van der Waals surface area contributed by atoms with Gasteiger partial charge in [-0.2, -0.15) is 5.10 Å². The number of aryl methyl sites for hydroxylation is 1. The fourth-order valence-electron chi connectivity index (χ4n) is 2.36. The molecule has 1 aliphatic rings. The maximum Gasteiger partial charge on any atom is 0.0634 e. The third kappa shape index (κ3) is 2.63. The Morgan fingerprint density at radius 2 is 2.00 bits per heavy atom. The Morgan fingerprint density at radius 1 is 1.33 bits per heavy atom. The highest BCUT2D eigenvalue weighted by molar-refractivity contribution is 9.08. The van der Waals surface area contributed by atoms with Gasteiger partial charge in [-0.3, -0.25) is 4.68 Å². The molecule has 0 atom stereocenters. The largest absolute Gasteiger partial charge is 0.269 e. The summed E-state index contributed by atoms with van der Waals surface area (Å²) in [6, 6.07) is 0.652. The van der Waals surface area contributed by atoms with Gasteiger partial charge in [0.1, 0.15) is 0 Å². The summed E-state index contributed by atoms with van der Waals surface area (Å²) < 4.78 is 2.21. The maximum absolute atomic E-state index is 4.63. The first kappa shape index (κ1) is 11.2. The standard InChI is InChI=1S/C12H19BrN2/c1-10-11(8-13)9-15(14-10)12-6-4-2-3-5-7-12/h9,12H,2-8H2,1H3. The van der Waals surface area contributed by atoms with Crippen LogP contribution in [0.1, 0.15) is 55.8 Å². The van der Waals surface area contributed by atoms with Crippen LogP contribution in [0, 0.1) is 6.92 Å². The van der Waals surface area contributed by atoms with Crippen LogP contribution in [0.2, 0.25) is 0 Å². The smallest absolute Gasteiger partial charge is 0.0634 e. The Hall–Kier alpha value is -0.310. The maximum atomic E-state index is 4.63. The highest BCUT2D eigenvalue weighted by atomic mass is 79.9. The lowest BCUT2D eigenvalue weighted by Gasteiger charge is -2.14. The predicted molar refractivity (Wildman–Crippen MR) is 66.3 cm³/mol. The third-order valence-electron chi connectivity index (χ3n) is 3.36. The van der Waals surface area contributed by atoms with Crippen LogP contribution in [0.4, 0.5) is 0 Å². The topological polar surface area (TPSA) is 17.8 Å². The molecule has 0 saturated heterocycles. The Balaban J connectivity index is 2.12. The van der Waals surface area contributed by atoms with E-state index in [0.29, 0.717) is 6.04 Å². The van der Waals surface area contributed by atoms with Crippen LogP contribution in [0.5, 0.6) is 0 Å². The molecule has 1 saturated carbocycles. The number of halogens is 1. The zero-order chi connectivity index (χ0) is 10.7. The number of alkyl halides is 1. The first-order valence-electron chi connectivity index (χ1n) is 5.92. The molecule has 0 spiro atoms. The quantitative estimate of drug-likeness (QED) is 0.587. The van der Waals surface area contributed by atoms with Crippen LogP contribution in [0.3, 0.4) is 0 Å². The van der Waals surface area contributed by atoms with Gasteiger partial charge in [0.25, 0.3) is 0 Å². The highest BCUT2D eigenvalue weighted by Crippen LogP contribution is 2.27. The average molecular weight is 271 g/mol. The molecule has 1 aliphatic carbocycles. The minimum absolute atomic E-state index is 0.652. The van der Waals surface area contributed by atoms with E-state index in [1.165, 1.54) is 49.8 Å². The fourth-order valence-corrected chi connectivity index (χ4v) is 2.91. The van der Waals surface area contributed by atoms with Crippen LogP contribution < -0.4 is 0 Å². The van der Waals surface area contributed by atoms with Crippen LogP contribution in [-0.4, -0.2) is 9.78 Å². The highest BCUT2D eigenvalue weighted by Gasteiger charge is 2.15. The van der Waals surface area contributed by atoms with Crippen molar-refractivity contribution in [3.63, 3.8) is 0 Å². The van der Waals surface area contributed by atoms with Crippen LogP contribution in [0.15, 0.2) is 6.20 Å². The van der Waals surface area contributed by atoms with E-state index in [-0.39, 0.29) is 0 Å². The second-order valence-electron chi connectivity index (χ2n) is 4.50. The van der Waals surface area contributed by atoms with Crippen molar-refractivity contribution >= 4 is 15.9 Å². The Kier molecular flexibility index (Phi) is 3.84. The normalized spacial score (nSPS) is 19.1. The zero-order valence-electron chi connectivity index (χ0n) is 9.38. The zero-order valence-corrected chi connectivity index (χ0v) is 11.0. The molecule has 0 radical (unpaired) electrons. The molecule has 0 bridgehead atoms. The van der Waals surface area contributed by atoms with E-state index in [2.05, 4.69) is 38.8 Å². The monoisotopic (exact) mass is 270 g/mol. The van der Waals surface area contributed by atoms with Gasteiger partial charge in [0, 0.05) is 17.1 Å². The van der Waals surface area contributed by atoms with Gasteiger partial charge in [0.05, 0.1) is 11.7 Å². The summed E-state index contributed by atoms with van der Waals surface area (Å²) >= 11 is 3.51. The third-order valence-corrected chi connectivity index (χ3v) is 3.97. The summed E-state index contributed by atoms with van der Waals surface area (Å²) in [4.78, 5) is 0. The van der Waals surface area contributed by atoms with Crippen molar-refractivity contribution in [3.05, 3.63) is 17.5 Å². The van der Waals surface area contributed by atoms with Gasteiger partial charge in [-0.25, -0.2) is 0 Å². The molecule has 2 nitrogen and oxygen atoms in total. The van der Waals surface area contributed by atoms with Gasteiger partial charge >= 0.3 is 0 Å². The van der Waals surface area contributed by atoms with E-state index in [1.807, 2.05) is 0 Å². The van der Waals surface area contributed by atoms with Gasteiger partial charge in [-0.1, -0.05) is 41.6 Å². The number of nitrogens with zero attached hydrogens (tertiary/aromatic N) is 2. The molecule has 84 valence electrons. The first-order chi connectivity index (χ1) is 7.31. The van der Waals surface area contributed by atoms with E-state index >= 15 is 0 Å². The Bertz CT molecular complexity index is 311. The molecule has 0 amide bonds.